The lowest BCUT2D eigenvalue weighted by atomic mass is 9.83. The summed E-state index contributed by atoms with van der Waals surface area (Å²) in [6.07, 6.45) is 4.11. The van der Waals surface area contributed by atoms with Crippen LogP contribution in [0.2, 0.25) is 0 Å². The fourth-order valence-corrected chi connectivity index (χ4v) is 4.63. The molecule has 0 heterocycles. The first-order chi connectivity index (χ1) is 19.7. The first-order valence-corrected chi connectivity index (χ1v) is 14.4. The van der Waals surface area contributed by atoms with Gasteiger partial charge in [0.15, 0.2) is 23.1 Å². The van der Waals surface area contributed by atoms with Gasteiger partial charge in [0.2, 0.25) is 6.41 Å². The number of benzene rings is 2. The highest BCUT2D eigenvalue weighted by atomic mass is 19.1. The quantitative estimate of drug-likeness (QED) is 0.165. The molecule has 42 heavy (non-hydrogen) atoms. The minimum absolute atomic E-state index is 0.000419. The molecule has 2 aromatic carbocycles. The Balaban J connectivity index is 0.000000908. The third-order valence-corrected chi connectivity index (χ3v) is 7.44. The van der Waals surface area contributed by atoms with Crippen LogP contribution in [0.4, 0.5) is 4.39 Å². The van der Waals surface area contributed by atoms with E-state index in [4.69, 9.17) is 19.6 Å². The van der Waals surface area contributed by atoms with Crippen molar-refractivity contribution in [2.24, 2.45) is 0 Å². The lowest BCUT2D eigenvalue weighted by Crippen LogP contribution is -2.42. The number of ether oxygens (including phenoxy) is 3. The van der Waals surface area contributed by atoms with Gasteiger partial charge in [-0.2, -0.15) is 0 Å². The number of likely N-dealkylation sites (N-methyl/N-ethyl adjacent to an activating group) is 1. The van der Waals surface area contributed by atoms with Crippen LogP contribution in [-0.2, 0) is 15.7 Å². The number of nitrogens with zero attached hydrogens (tertiary/aromatic N) is 1. The maximum Gasteiger partial charge on any atom is 0.207 e. The van der Waals surface area contributed by atoms with Gasteiger partial charge in [0.25, 0.3) is 0 Å². The van der Waals surface area contributed by atoms with Crippen LogP contribution in [0.3, 0.4) is 0 Å². The van der Waals surface area contributed by atoms with E-state index in [0.29, 0.717) is 23.8 Å². The smallest absolute Gasteiger partial charge is 0.207 e. The number of hydrogen-bond donors (Lipinski definition) is 2. The van der Waals surface area contributed by atoms with E-state index in [1.807, 2.05) is 51.8 Å². The van der Waals surface area contributed by atoms with E-state index in [9.17, 15) is 9.59 Å². The summed E-state index contributed by atoms with van der Waals surface area (Å²) < 4.78 is 32.2. The molecule has 0 aliphatic heterocycles. The van der Waals surface area contributed by atoms with Crippen LogP contribution < -0.4 is 19.5 Å². The van der Waals surface area contributed by atoms with Gasteiger partial charge in [-0.25, -0.2) is 4.39 Å². The van der Waals surface area contributed by atoms with Gasteiger partial charge in [-0.1, -0.05) is 20.8 Å². The molecule has 2 aromatic rings. The van der Waals surface area contributed by atoms with Gasteiger partial charge in [0.05, 0.1) is 26.9 Å². The first-order valence-electron chi connectivity index (χ1n) is 14.4. The zero-order chi connectivity index (χ0) is 31.8. The molecule has 0 atom stereocenters. The highest BCUT2D eigenvalue weighted by Gasteiger charge is 2.34. The van der Waals surface area contributed by atoms with E-state index in [2.05, 4.69) is 26.1 Å². The lowest BCUT2D eigenvalue weighted by molar-refractivity contribution is -0.109. The van der Waals surface area contributed by atoms with Crippen molar-refractivity contribution in [2.75, 3.05) is 33.9 Å². The number of rotatable bonds is 13. The second kappa shape index (κ2) is 14.6. The number of carbonyl (C=O) groups is 2. The molecule has 1 amide bonds. The van der Waals surface area contributed by atoms with Gasteiger partial charge in [-0.15, -0.1) is 0 Å². The number of carbonyl (C=O) groups excluding carboxylic acids is 2. The van der Waals surface area contributed by atoms with E-state index in [-0.39, 0.29) is 41.4 Å². The fourth-order valence-electron chi connectivity index (χ4n) is 4.63. The van der Waals surface area contributed by atoms with E-state index >= 15 is 4.39 Å². The first kappa shape index (κ1) is 34.7. The topological polar surface area (TPSA) is 101 Å². The number of hydrogen-bond acceptors (Lipinski definition) is 7. The Morgan fingerprint density at radius 3 is 2.14 bits per heavy atom. The van der Waals surface area contributed by atoms with Crippen molar-refractivity contribution in [2.45, 2.75) is 85.2 Å². The molecule has 8 nitrogen and oxygen atoms in total. The minimum atomic E-state index is -0.797. The molecule has 0 unspecified atom stereocenters. The van der Waals surface area contributed by atoms with Gasteiger partial charge in [-0.05, 0) is 89.2 Å². The predicted octanol–water partition coefficient (Wildman–Crippen LogP) is 6.18. The molecule has 0 spiro atoms. The zero-order valence-corrected chi connectivity index (χ0v) is 26.9. The summed E-state index contributed by atoms with van der Waals surface area (Å²) in [7, 11) is 3.46. The Morgan fingerprint density at radius 1 is 1.07 bits per heavy atom. The van der Waals surface area contributed by atoms with Crippen LogP contribution in [-0.4, -0.2) is 63.3 Å². The number of methoxy groups -OCH3 is 1. The van der Waals surface area contributed by atoms with Crippen molar-refractivity contribution in [3.63, 3.8) is 0 Å². The molecule has 0 radical (unpaired) electrons. The van der Waals surface area contributed by atoms with Crippen LogP contribution >= 0.6 is 0 Å². The van der Waals surface area contributed by atoms with Gasteiger partial charge >= 0.3 is 0 Å². The molecular formula is C33H48FN3O5. The summed E-state index contributed by atoms with van der Waals surface area (Å²) in [5.74, 6) is 0.373. The molecule has 1 aliphatic carbocycles. The van der Waals surface area contributed by atoms with Gasteiger partial charge in [0.1, 0.15) is 5.75 Å². The van der Waals surface area contributed by atoms with E-state index < -0.39 is 11.4 Å². The number of amides is 1. The number of nitrogens with one attached hydrogen (secondary N) is 2. The van der Waals surface area contributed by atoms with E-state index in [0.717, 1.165) is 29.5 Å². The monoisotopic (exact) mass is 585 g/mol. The standard InChI is InChI=1S/C29H41FN2O4.C4H7NO/c1-11-35-24-15-21(20(16-31)25(30)27(24)36-12-2)29(7,8)32(9)17-23(33)19-13-18(3)26(34-10)22(14-19)28(4,5)6;6-3-5-4-1-2-4/h13-16,31H,11-12,17H2,1-10H3;3-4H,1-2H2,(H,5,6). The summed E-state index contributed by atoms with van der Waals surface area (Å²) in [6.45, 7) is 16.3. The summed E-state index contributed by atoms with van der Waals surface area (Å²) in [5.41, 5.74) is 2.12. The van der Waals surface area contributed by atoms with E-state index in [1.165, 1.54) is 12.8 Å². The maximum atomic E-state index is 15.4. The molecule has 9 heteroatoms. The normalized spacial score (nSPS) is 13.1. The SMILES string of the molecule is CCOc1cc(C(C)(C)N(C)CC(=O)c2cc(C)c(OC)c(C(C)(C)C)c2)c(C=N)c(F)c1OCC.O=CNC1CC1. The molecule has 0 bridgehead atoms. The van der Waals surface area contributed by atoms with Crippen molar-refractivity contribution in [3.05, 3.63) is 51.8 Å². The van der Waals surface area contributed by atoms with Crippen molar-refractivity contribution < 1.29 is 28.2 Å². The second-order valence-electron chi connectivity index (χ2n) is 12.0. The van der Waals surface area contributed by atoms with Crippen molar-refractivity contribution >= 4 is 18.4 Å². The molecule has 1 aliphatic rings. The molecule has 2 N–H and O–H groups in total. The van der Waals surface area contributed by atoms with Crippen molar-refractivity contribution in [3.8, 4) is 17.2 Å². The summed E-state index contributed by atoms with van der Waals surface area (Å²) in [6, 6.07) is 6.00. The summed E-state index contributed by atoms with van der Waals surface area (Å²) in [5, 5.41) is 10.5. The number of ketones is 1. The Hall–Kier alpha value is -3.46. The average molecular weight is 586 g/mol. The molecule has 232 valence electrons. The number of aryl methyl sites for hydroxylation is 1. The molecule has 0 saturated heterocycles. The molecular weight excluding hydrogens is 537 g/mol. The van der Waals surface area contributed by atoms with Crippen molar-refractivity contribution in [1.29, 1.82) is 5.41 Å². The Bertz CT molecular complexity index is 1270. The van der Waals surface area contributed by atoms with Crippen molar-refractivity contribution in [1.82, 2.24) is 10.2 Å². The Morgan fingerprint density at radius 2 is 1.69 bits per heavy atom. The Kier molecular flexibility index (Phi) is 12.1. The number of halogens is 1. The average Bonchev–Trinajstić information content (AvgIpc) is 3.74. The van der Waals surface area contributed by atoms with Crippen LogP contribution in [0.5, 0.6) is 17.2 Å². The summed E-state index contributed by atoms with van der Waals surface area (Å²) in [4.78, 5) is 24.9. The molecule has 1 fully saturated rings. The van der Waals surface area contributed by atoms with E-state index in [1.54, 1.807) is 20.1 Å². The highest BCUT2D eigenvalue weighted by Crippen LogP contribution is 2.40. The molecule has 0 aromatic heterocycles. The molecule has 1 saturated carbocycles. The van der Waals surface area contributed by atoms with Crippen LogP contribution in [0.25, 0.3) is 0 Å². The van der Waals surface area contributed by atoms with Gasteiger partial charge in [0, 0.05) is 34.5 Å². The third kappa shape index (κ3) is 8.31. The van der Waals surface area contributed by atoms with Crippen LogP contribution in [0, 0.1) is 18.2 Å². The van der Waals surface area contributed by atoms with Gasteiger partial charge < -0.3 is 24.9 Å². The largest absolute Gasteiger partial charge is 0.496 e. The lowest BCUT2D eigenvalue weighted by Gasteiger charge is -2.37. The minimum Gasteiger partial charge on any atom is -0.496 e. The maximum absolute atomic E-state index is 15.4. The molecule has 3 rings (SSSR count). The predicted molar refractivity (Wildman–Crippen MR) is 165 cm³/mol. The number of Topliss-reactive ketones (excluding diaryl/α,β-unsaturated/α-hetero) is 1. The van der Waals surface area contributed by atoms with Crippen LogP contribution in [0.15, 0.2) is 18.2 Å². The second-order valence-corrected chi connectivity index (χ2v) is 12.0. The highest BCUT2D eigenvalue weighted by molar-refractivity contribution is 5.98. The zero-order valence-electron chi connectivity index (χ0n) is 26.9. The Labute approximate surface area is 250 Å². The van der Waals surface area contributed by atoms with Crippen LogP contribution in [0.1, 0.15) is 93.9 Å². The summed E-state index contributed by atoms with van der Waals surface area (Å²) >= 11 is 0. The fraction of sp³-hybridized carbons (Fsp3) is 0.545. The third-order valence-electron chi connectivity index (χ3n) is 7.44. The van der Waals surface area contributed by atoms with Gasteiger partial charge in [-0.3, -0.25) is 14.5 Å².